The molecular weight excluding hydrogens is 331 g/mol. The van der Waals surface area contributed by atoms with E-state index in [0.29, 0.717) is 0 Å². The Hall–Kier alpha value is -1.21. The lowest BCUT2D eigenvalue weighted by atomic mass is 10.0. The fourth-order valence-corrected chi connectivity index (χ4v) is 2.18. The van der Waals surface area contributed by atoms with Crippen molar-refractivity contribution in [2.24, 2.45) is 0 Å². The first-order chi connectivity index (χ1) is 10.0. The first-order valence-corrected chi connectivity index (χ1v) is 7.34. The fraction of sp³-hybridized carbons (Fsp3) is 0.500. The van der Waals surface area contributed by atoms with Gasteiger partial charge in [-0.05, 0) is 32.9 Å². The third-order valence-corrected chi connectivity index (χ3v) is 3.19. The summed E-state index contributed by atoms with van der Waals surface area (Å²) in [6, 6.07) is 2.84. The normalized spacial score (nSPS) is 14.3. The number of aliphatic hydroxyl groups is 2. The van der Waals surface area contributed by atoms with Crippen LogP contribution < -0.4 is 11.1 Å². The maximum Gasteiger partial charge on any atom is 0.407 e. The van der Waals surface area contributed by atoms with Gasteiger partial charge in [0.1, 0.15) is 17.8 Å². The number of halogens is 2. The number of hydrogen-bond acceptors (Lipinski definition) is 5. The van der Waals surface area contributed by atoms with Crippen molar-refractivity contribution in [2.75, 3.05) is 12.3 Å². The van der Waals surface area contributed by atoms with Crippen LogP contribution in [0.1, 0.15) is 32.4 Å². The number of alkyl carbamates (subject to hydrolysis) is 1. The van der Waals surface area contributed by atoms with E-state index < -0.39 is 23.9 Å². The minimum Gasteiger partial charge on any atom is -0.444 e. The summed E-state index contributed by atoms with van der Waals surface area (Å²) in [6.07, 6.45) is -3.36. The van der Waals surface area contributed by atoms with Gasteiger partial charge in [0.15, 0.2) is 0 Å². The van der Waals surface area contributed by atoms with Crippen LogP contribution in [0.15, 0.2) is 12.1 Å². The quantitative estimate of drug-likeness (QED) is 0.624. The van der Waals surface area contributed by atoms with E-state index in [4.69, 9.17) is 33.7 Å². The standard InChI is InChI=1S/C14H20Cl2N2O4/c1-14(2,3)22-13(21)18-6-10(19)12(20)8-4-7(15)5-9(16)11(8)17/h4-5,10,12,19-20H,6,17H2,1-3H3,(H,18,21). The average Bonchev–Trinajstić information content (AvgIpc) is 2.37. The van der Waals surface area contributed by atoms with Crippen molar-refractivity contribution in [3.8, 4) is 0 Å². The first-order valence-electron chi connectivity index (χ1n) is 6.58. The molecule has 8 heteroatoms. The second kappa shape index (κ2) is 7.37. The van der Waals surface area contributed by atoms with Gasteiger partial charge in [-0.1, -0.05) is 23.2 Å². The highest BCUT2D eigenvalue weighted by molar-refractivity contribution is 6.36. The zero-order chi connectivity index (χ0) is 17.1. The Kier molecular flexibility index (Phi) is 6.31. The number of amides is 1. The van der Waals surface area contributed by atoms with E-state index in [1.807, 2.05) is 0 Å². The molecule has 0 fully saturated rings. The summed E-state index contributed by atoms with van der Waals surface area (Å²) in [5, 5.41) is 22.9. The number of benzene rings is 1. The smallest absolute Gasteiger partial charge is 0.407 e. The van der Waals surface area contributed by atoms with Crippen molar-refractivity contribution < 1.29 is 19.7 Å². The van der Waals surface area contributed by atoms with E-state index in [0.717, 1.165) is 0 Å². The van der Waals surface area contributed by atoms with Crippen LogP contribution in [0.25, 0.3) is 0 Å². The van der Waals surface area contributed by atoms with Crippen molar-refractivity contribution >= 4 is 35.0 Å². The van der Waals surface area contributed by atoms with Crippen LogP contribution in [0.5, 0.6) is 0 Å². The Morgan fingerprint density at radius 1 is 1.36 bits per heavy atom. The van der Waals surface area contributed by atoms with Crippen molar-refractivity contribution in [1.29, 1.82) is 0 Å². The monoisotopic (exact) mass is 350 g/mol. The molecule has 0 aliphatic heterocycles. The summed E-state index contributed by atoms with van der Waals surface area (Å²) < 4.78 is 5.03. The molecule has 1 amide bonds. The molecule has 0 aliphatic carbocycles. The third kappa shape index (κ3) is 5.53. The largest absolute Gasteiger partial charge is 0.444 e. The minimum absolute atomic E-state index is 0.120. The molecular formula is C14H20Cl2N2O4. The van der Waals surface area contributed by atoms with E-state index in [2.05, 4.69) is 5.32 Å². The highest BCUT2D eigenvalue weighted by atomic mass is 35.5. The van der Waals surface area contributed by atoms with Gasteiger partial charge < -0.3 is 26.0 Å². The van der Waals surface area contributed by atoms with Crippen LogP contribution in [0, 0.1) is 0 Å². The number of carbonyl (C=O) groups excluding carboxylic acids is 1. The van der Waals surface area contributed by atoms with Crippen LogP contribution in [-0.4, -0.2) is 34.6 Å². The van der Waals surface area contributed by atoms with E-state index in [-0.39, 0.29) is 27.8 Å². The summed E-state index contributed by atoms with van der Waals surface area (Å²) in [7, 11) is 0. The number of hydrogen-bond donors (Lipinski definition) is 4. The number of nitrogens with two attached hydrogens (primary N) is 1. The number of ether oxygens (including phenoxy) is 1. The van der Waals surface area contributed by atoms with Gasteiger partial charge in [0, 0.05) is 17.1 Å². The molecule has 124 valence electrons. The number of aliphatic hydroxyl groups excluding tert-OH is 2. The van der Waals surface area contributed by atoms with Gasteiger partial charge in [-0.25, -0.2) is 4.79 Å². The fourth-order valence-electron chi connectivity index (χ4n) is 1.67. The summed E-state index contributed by atoms with van der Waals surface area (Å²) in [6.45, 7) is 4.92. The van der Waals surface area contributed by atoms with Gasteiger partial charge in [0.2, 0.25) is 0 Å². The molecule has 2 atom stereocenters. The Morgan fingerprint density at radius 2 is 1.95 bits per heavy atom. The molecule has 0 saturated heterocycles. The Labute approximate surface area is 139 Å². The van der Waals surface area contributed by atoms with Gasteiger partial charge in [-0.3, -0.25) is 0 Å². The second-order valence-corrected chi connectivity index (χ2v) is 6.63. The van der Waals surface area contributed by atoms with Crippen LogP contribution >= 0.6 is 23.2 Å². The molecule has 0 radical (unpaired) electrons. The van der Waals surface area contributed by atoms with Crippen LogP contribution in [0.4, 0.5) is 10.5 Å². The lowest BCUT2D eigenvalue weighted by molar-refractivity contribution is 0.0133. The third-order valence-electron chi connectivity index (χ3n) is 2.66. The molecule has 0 heterocycles. The SMILES string of the molecule is CC(C)(C)OC(=O)NCC(O)C(O)c1cc(Cl)cc(Cl)c1N. The molecule has 2 unspecified atom stereocenters. The molecule has 5 N–H and O–H groups in total. The van der Waals surface area contributed by atoms with Crippen molar-refractivity contribution in [3.63, 3.8) is 0 Å². The van der Waals surface area contributed by atoms with Crippen LogP contribution in [-0.2, 0) is 4.74 Å². The molecule has 22 heavy (non-hydrogen) atoms. The lowest BCUT2D eigenvalue weighted by Gasteiger charge is -2.23. The average molecular weight is 351 g/mol. The molecule has 0 bridgehead atoms. The van der Waals surface area contributed by atoms with Gasteiger partial charge in [-0.2, -0.15) is 0 Å². The molecule has 0 aliphatic rings. The Bertz CT molecular complexity index is 546. The number of anilines is 1. The number of nitrogens with one attached hydrogen (secondary N) is 1. The van der Waals surface area contributed by atoms with E-state index in [1.54, 1.807) is 20.8 Å². The molecule has 1 aromatic carbocycles. The molecule has 0 spiro atoms. The first kappa shape index (κ1) is 18.8. The zero-order valence-corrected chi connectivity index (χ0v) is 14.1. The predicted molar refractivity (Wildman–Crippen MR) is 86.1 cm³/mol. The summed E-state index contributed by atoms with van der Waals surface area (Å²) in [5.74, 6) is 0. The zero-order valence-electron chi connectivity index (χ0n) is 12.6. The highest BCUT2D eigenvalue weighted by Crippen LogP contribution is 2.32. The Balaban J connectivity index is 2.70. The highest BCUT2D eigenvalue weighted by Gasteiger charge is 2.24. The van der Waals surface area contributed by atoms with E-state index >= 15 is 0 Å². The predicted octanol–water partition coefficient (Wildman–Crippen LogP) is 2.49. The van der Waals surface area contributed by atoms with Gasteiger partial charge in [0.25, 0.3) is 0 Å². The molecule has 1 aromatic rings. The summed E-state index contributed by atoms with van der Waals surface area (Å²) >= 11 is 11.7. The van der Waals surface area contributed by atoms with E-state index in [9.17, 15) is 15.0 Å². The molecule has 0 saturated carbocycles. The molecule has 0 aromatic heterocycles. The maximum absolute atomic E-state index is 11.5. The topological polar surface area (TPSA) is 105 Å². The number of carbonyl (C=O) groups is 1. The molecule has 1 rings (SSSR count). The Morgan fingerprint density at radius 3 is 2.50 bits per heavy atom. The summed E-state index contributed by atoms with van der Waals surface area (Å²) in [4.78, 5) is 11.5. The lowest BCUT2D eigenvalue weighted by Crippen LogP contribution is -2.39. The minimum atomic E-state index is -1.36. The van der Waals surface area contributed by atoms with E-state index in [1.165, 1.54) is 12.1 Å². The van der Waals surface area contributed by atoms with Crippen molar-refractivity contribution in [2.45, 2.75) is 38.6 Å². The van der Waals surface area contributed by atoms with Gasteiger partial charge in [0.05, 0.1) is 10.7 Å². The maximum atomic E-state index is 11.5. The van der Waals surface area contributed by atoms with Crippen molar-refractivity contribution in [1.82, 2.24) is 5.32 Å². The number of nitrogen functional groups attached to an aromatic ring is 1. The van der Waals surface area contributed by atoms with Crippen LogP contribution in [0.3, 0.4) is 0 Å². The second-order valence-electron chi connectivity index (χ2n) is 5.79. The van der Waals surface area contributed by atoms with Gasteiger partial charge in [-0.15, -0.1) is 0 Å². The number of rotatable bonds is 4. The van der Waals surface area contributed by atoms with Crippen LogP contribution in [0.2, 0.25) is 10.0 Å². The van der Waals surface area contributed by atoms with Crippen molar-refractivity contribution in [3.05, 3.63) is 27.7 Å². The summed E-state index contributed by atoms with van der Waals surface area (Å²) in [5.41, 5.74) is 5.41. The van der Waals surface area contributed by atoms with Gasteiger partial charge >= 0.3 is 6.09 Å². The molecule has 6 nitrogen and oxygen atoms in total.